The van der Waals surface area contributed by atoms with E-state index in [4.69, 9.17) is 0 Å². The molecule has 0 radical (unpaired) electrons. The Labute approximate surface area is 86.5 Å². The Morgan fingerprint density at radius 2 is 1.08 bits per heavy atom. The lowest BCUT2D eigenvalue weighted by Gasteiger charge is -2.21. The molecule has 1 saturated carbocycles. The summed E-state index contributed by atoms with van der Waals surface area (Å²) in [6.45, 7) is 0. The molecular formula is C10H23B3. The van der Waals surface area contributed by atoms with Gasteiger partial charge in [-0.05, 0) is 0 Å². The fraction of sp³-hybridized carbons (Fsp3) is 1.00. The van der Waals surface area contributed by atoms with Crippen molar-refractivity contribution in [2.75, 3.05) is 0 Å². The van der Waals surface area contributed by atoms with Crippen molar-refractivity contribution in [2.45, 2.75) is 62.4 Å². The predicted octanol–water partition coefficient (Wildman–Crippen LogP) is 0.995. The Hall–Kier alpha value is 0.195. The summed E-state index contributed by atoms with van der Waals surface area (Å²) >= 11 is 0. The van der Waals surface area contributed by atoms with Crippen molar-refractivity contribution in [1.82, 2.24) is 0 Å². The zero-order valence-electron chi connectivity index (χ0n) is 9.68. The van der Waals surface area contributed by atoms with Gasteiger partial charge in [0.05, 0.1) is 0 Å². The van der Waals surface area contributed by atoms with E-state index in [1.807, 2.05) is 0 Å². The van der Waals surface area contributed by atoms with E-state index in [1.54, 1.807) is 0 Å². The third-order valence-electron chi connectivity index (χ3n) is 3.60. The molecule has 0 aromatic heterocycles. The first-order valence-corrected chi connectivity index (χ1v) is 6.18. The van der Waals surface area contributed by atoms with Crippen molar-refractivity contribution in [1.29, 1.82) is 0 Å². The monoisotopic (exact) mass is 176 g/mol. The molecule has 0 N–H and O–H groups in total. The van der Waals surface area contributed by atoms with Crippen molar-refractivity contribution in [2.24, 2.45) is 0 Å². The molecule has 0 aromatic rings. The second-order valence-corrected chi connectivity index (χ2v) is 5.41. The van der Waals surface area contributed by atoms with E-state index in [9.17, 15) is 0 Å². The third kappa shape index (κ3) is 4.83. The van der Waals surface area contributed by atoms with E-state index in [0.29, 0.717) is 0 Å². The number of hydrogen-bond donors (Lipinski definition) is 0. The van der Waals surface area contributed by atoms with Gasteiger partial charge in [0.15, 0.2) is 0 Å². The molecule has 3 unspecified atom stereocenters. The standard InChI is InChI=1S/C10H23B3/c11-8-3-1-2-4-9(12)7-10(13)6-5-8/h8-10H,1-7,11-13H2. The summed E-state index contributed by atoms with van der Waals surface area (Å²) in [6.07, 6.45) is 10.3. The molecular weight excluding hydrogens is 153 g/mol. The average Bonchev–Trinajstić information content (AvgIpc) is 2.08. The summed E-state index contributed by atoms with van der Waals surface area (Å²) in [6, 6.07) is 0. The van der Waals surface area contributed by atoms with Crippen molar-refractivity contribution >= 4 is 23.5 Å². The van der Waals surface area contributed by atoms with Crippen LogP contribution in [0.3, 0.4) is 0 Å². The maximum Gasteiger partial charge on any atom is 0.105 e. The Morgan fingerprint density at radius 1 is 0.615 bits per heavy atom. The molecule has 0 aliphatic heterocycles. The Kier molecular flexibility index (Phi) is 5.05. The zero-order chi connectivity index (χ0) is 9.68. The highest BCUT2D eigenvalue weighted by molar-refractivity contribution is 6.15. The fourth-order valence-corrected chi connectivity index (χ4v) is 2.62. The Bertz CT molecular complexity index is 138. The fourth-order valence-electron chi connectivity index (χ4n) is 2.62. The molecule has 3 atom stereocenters. The summed E-state index contributed by atoms with van der Waals surface area (Å²) in [5, 5.41) is 0. The molecule has 1 fully saturated rings. The van der Waals surface area contributed by atoms with Gasteiger partial charge in [0.1, 0.15) is 23.5 Å². The first kappa shape index (κ1) is 11.3. The van der Waals surface area contributed by atoms with Crippen LogP contribution in [0.5, 0.6) is 0 Å². The first-order valence-electron chi connectivity index (χ1n) is 6.18. The SMILES string of the molecule is BC1CCCCC(B)CC(B)CC1. The molecule has 1 rings (SSSR count). The summed E-state index contributed by atoms with van der Waals surface area (Å²) in [4.78, 5) is 0. The van der Waals surface area contributed by atoms with E-state index in [1.165, 1.54) is 44.9 Å². The molecule has 0 saturated heterocycles. The van der Waals surface area contributed by atoms with Crippen molar-refractivity contribution < 1.29 is 0 Å². The van der Waals surface area contributed by atoms with Gasteiger partial charge in [0, 0.05) is 0 Å². The van der Waals surface area contributed by atoms with Crippen LogP contribution < -0.4 is 0 Å². The van der Waals surface area contributed by atoms with Gasteiger partial charge in [0.2, 0.25) is 0 Å². The Morgan fingerprint density at radius 3 is 1.77 bits per heavy atom. The molecule has 3 heteroatoms. The molecule has 0 aromatic carbocycles. The lowest BCUT2D eigenvalue weighted by molar-refractivity contribution is 0.504. The highest BCUT2D eigenvalue weighted by Gasteiger charge is 2.13. The van der Waals surface area contributed by atoms with Crippen LogP contribution in [0.25, 0.3) is 0 Å². The van der Waals surface area contributed by atoms with Gasteiger partial charge >= 0.3 is 0 Å². The van der Waals surface area contributed by atoms with E-state index < -0.39 is 0 Å². The predicted molar refractivity (Wildman–Crippen MR) is 69.2 cm³/mol. The molecule has 0 heterocycles. The van der Waals surface area contributed by atoms with Crippen molar-refractivity contribution in [3.8, 4) is 0 Å². The molecule has 0 nitrogen and oxygen atoms in total. The minimum Gasteiger partial charge on any atom is -0.0701 e. The second kappa shape index (κ2) is 5.83. The van der Waals surface area contributed by atoms with Crippen LogP contribution in [0.2, 0.25) is 17.5 Å². The molecule has 13 heavy (non-hydrogen) atoms. The van der Waals surface area contributed by atoms with Gasteiger partial charge in [-0.15, -0.1) is 0 Å². The molecule has 1 aliphatic carbocycles. The quantitative estimate of drug-likeness (QED) is 0.482. The minimum atomic E-state index is 0.968. The van der Waals surface area contributed by atoms with E-state index in [2.05, 4.69) is 23.5 Å². The summed E-state index contributed by atoms with van der Waals surface area (Å²) in [5.74, 6) is 2.93. The van der Waals surface area contributed by atoms with E-state index in [-0.39, 0.29) is 0 Å². The molecule has 1 aliphatic rings. The van der Waals surface area contributed by atoms with Crippen LogP contribution in [-0.2, 0) is 0 Å². The lowest BCUT2D eigenvalue weighted by Crippen LogP contribution is -2.05. The minimum absolute atomic E-state index is 0.968. The van der Waals surface area contributed by atoms with Crippen LogP contribution in [0, 0.1) is 0 Å². The van der Waals surface area contributed by atoms with Gasteiger partial charge in [-0.25, -0.2) is 0 Å². The van der Waals surface area contributed by atoms with Crippen molar-refractivity contribution in [3.05, 3.63) is 0 Å². The van der Waals surface area contributed by atoms with Crippen LogP contribution in [0.4, 0.5) is 0 Å². The topological polar surface area (TPSA) is 0 Å². The highest BCUT2D eigenvalue weighted by atomic mass is 14.1. The second-order valence-electron chi connectivity index (χ2n) is 5.41. The maximum atomic E-state index is 2.44. The summed E-state index contributed by atoms with van der Waals surface area (Å²) in [5.41, 5.74) is 0. The molecule has 72 valence electrons. The van der Waals surface area contributed by atoms with E-state index >= 15 is 0 Å². The smallest absolute Gasteiger partial charge is 0.0701 e. The van der Waals surface area contributed by atoms with Gasteiger partial charge in [-0.2, -0.15) is 0 Å². The molecule has 0 bridgehead atoms. The molecule has 0 amide bonds. The lowest BCUT2D eigenvalue weighted by atomic mass is 9.66. The van der Waals surface area contributed by atoms with Crippen LogP contribution in [-0.4, -0.2) is 23.5 Å². The normalized spacial score (nSPS) is 38.3. The molecule has 0 spiro atoms. The summed E-state index contributed by atoms with van der Waals surface area (Å²) < 4.78 is 0. The Balaban J connectivity index is 2.32. The van der Waals surface area contributed by atoms with Gasteiger partial charge in [-0.3, -0.25) is 0 Å². The van der Waals surface area contributed by atoms with Crippen molar-refractivity contribution in [3.63, 3.8) is 0 Å². The zero-order valence-corrected chi connectivity index (χ0v) is 9.68. The summed E-state index contributed by atoms with van der Waals surface area (Å²) in [7, 11) is 7.30. The van der Waals surface area contributed by atoms with E-state index in [0.717, 1.165) is 17.5 Å². The third-order valence-corrected chi connectivity index (χ3v) is 3.60. The first-order chi connectivity index (χ1) is 6.18. The van der Waals surface area contributed by atoms with Gasteiger partial charge in [0.25, 0.3) is 0 Å². The average molecular weight is 176 g/mol. The maximum absolute atomic E-state index is 2.44. The van der Waals surface area contributed by atoms with Crippen LogP contribution in [0.1, 0.15) is 44.9 Å². The highest BCUT2D eigenvalue weighted by Crippen LogP contribution is 2.31. The largest absolute Gasteiger partial charge is 0.105 e. The van der Waals surface area contributed by atoms with Gasteiger partial charge < -0.3 is 0 Å². The number of hydrogen-bond acceptors (Lipinski definition) is 0. The van der Waals surface area contributed by atoms with Gasteiger partial charge in [-0.1, -0.05) is 62.4 Å². The van der Waals surface area contributed by atoms with Crippen LogP contribution in [0.15, 0.2) is 0 Å². The number of rotatable bonds is 0. The van der Waals surface area contributed by atoms with Crippen LogP contribution >= 0.6 is 0 Å².